The van der Waals surface area contributed by atoms with Crippen molar-refractivity contribution >= 4 is 28.7 Å². The number of likely N-dealkylation sites (tertiary alicyclic amines) is 1. The molecule has 1 unspecified atom stereocenters. The predicted molar refractivity (Wildman–Crippen MR) is 81.6 cm³/mol. The van der Waals surface area contributed by atoms with Crippen LogP contribution in [0, 0.1) is 0 Å². The second kappa shape index (κ2) is 5.89. The van der Waals surface area contributed by atoms with Crippen LogP contribution in [0.4, 0.5) is 0 Å². The maximum atomic E-state index is 12.5. The molecular weight excluding hydrogens is 288 g/mol. The SMILES string of the molecule is O=C(O)[C@H]1CCCN1C(=O)C1CSC(c2ccccc2)=N1. The fourth-order valence-electron chi connectivity index (χ4n) is 2.72. The first-order valence-corrected chi connectivity index (χ1v) is 7.94. The maximum Gasteiger partial charge on any atom is 0.326 e. The Hall–Kier alpha value is -1.82. The number of carboxylic acids is 1. The van der Waals surface area contributed by atoms with Gasteiger partial charge in [-0.2, -0.15) is 0 Å². The highest BCUT2D eigenvalue weighted by molar-refractivity contribution is 8.14. The molecule has 0 bridgehead atoms. The van der Waals surface area contributed by atoms with E-state index in [1.165, 1.54) is 4.90 Å². The van der Waals surface area contributed by atoms with Gasteiger partial charge in [0.15, 0.2) is 0 Å². The van der Waals surface area contributed by atoms with Gasteiger partial charge >= 0.3 is 5.97 Å². The van der Waals surface area contributed by atoms with Crippen molar-refractivity contribution in [3.63, 3.8) is 0 Å². The standard InChI is InChI=1S/C15H16N2O3S/c18-14(17-8-4-7-12(17)15(19)20)11-9-21-13(16-11)10-5-2-1-3-6-10/h1-3,5-6,11-12H,4,7-9H2,(H,19,20)/t11?,12-/m1/s1. The first-order chi connectivity index (χ1) is 10.2. The molecule has 2 heterocycles. The number of thioether (sulfide) groups is 1. The quantitative estimate of drug-likeness (QED) is 0.921. The summed E-state index contributed by atoms with van der Waals surface area (Å²) in [4.78, 5) is 29.6. The minimum atomic E-state index is -0.918. The number of carbonyl (C=O) groups is 2. The van der Waals surface area contributed by atoms with Gasteiger partial charge in [-0.15, -0.1) is 11.8 Å². The Bertz CT molecular complexity index is 588. The van der Waals surface area contributed by atoms with Crippen molar-refractivity contribution in [1.82, 2.24) is 4.90 Å². The number of nitrogens with zero attached hydrogens (tertiary/aromatic N) is 2. The number of rotatable bonds is 3. The van der Waals surface area contributed by atoms with Gasteiger partial charge in [-0.25, -0.2) is 4.79 Å². The van der Waals surface area contributed by atoms with Crippen molar-refractivity contribution in [1.29, 1.82) is 0 Å². The van der Waals surface area contributed by atoms with E-state index in [4.69, 9.17) is 0 Å². The molecule has 1 aromatic rings. The van der Waals surface area contributed by atoms with E-state index in [2.05, 4.69) is 4.99 Å². The van der Waals surface area contributed by atoms with Crippen LogP contribution in [0.25, 0.3) is 0 Å². The Kier molecular flexibility index (Phi) is 3.96. The molecule has 110 valence electrons. The molecule has 21 heavy (non-hydrogen) atoms. The number of carbonyl (C=O) groups excluding carboxylic acids is 1. The van der Waals surface area contributed by atoms with Crippen LogP contribution in [0.3, 0.4) is 0 Å². The lowest BCUT2D eigenvalue weighted by Gasteiger charge is -2.23. The van der Waals surface area contributed by atoms with Crippen LogP contribution in [0.5, 0.6) is 0 Å². The Morgan fingerprint density at radius 3 is 2.76 bits per heavy atom. The van der Waals surface area contributed by atoms with E-state index < -0.39 is 18.1 Å². The molecule has 0 radical (unpaired) electrons. The first-order valence-electron chi connectivity index (χ1n) is 6.96. The second-order valence-electron chi connectivity index (χ2n) is 5.15. The second-order valence-corrected chi connectivity index (χ2v) is 6.16. The molecule has 2 aliphatic rings. The minimum Gasteiger partial charge on any atom is -0.480 e. The zero-order valence-corrected chi connectivity index (χ0v) is 12.3. The molecule has 1 N–H and O–H groups in total. The third kappa shape index (κ3) is 2.81. The molecule has 0 spiro atoms. The molecule has 0 aromatic heterocycles. The Balaban J connectivity index is 1.75. The average Bonchev–Trinajstić information content (AvgIpc) is 3.17. The van der Waals surface area contributed by atoms with Crippen LogP contribution in [-0.4, -0.2) is 51.3 Å². The first kappa shape index (κ1) is 14.1. The summed E-state index contributed by atoms with van der Waals surface area (Å²) in [6, 6.07) is 8.61. The van der Waals surface area contributed by atoms with Crippen molar-refractivity contribution in [2.24, 2.45) is 4.99 Å². The summed E-state index contributed by atoms with van der Waals surface area (Å²) < 4.78 is 0. The van der Waals surface area contributed by atoms with Gasteiger partial charge in [0, 0.05) is 17.9 Å². The number of carboxylic acid groups (broad SMARTS) is 1. The van der Waals surface area contributed by atoms with Crippen molar-refractivity contribution in [2.45, 2.75) is 24.9 Å². The predicted octanol–water partition coefficient (Wildman–Crippen LogP) is 1.62. The zero-order chi connectivity index (χ0) is 14.8. The van der Waals surface area contributed by atoms with Gasteiger partial charge in [0.1, 0.15) is 12.1 Å². The van der Waals surface area contributed by atoms with E-state index in [1.807, 2.05) is 30.3 Å². The number of aliphatic imine (C=N–C) groups is 1. The molecule has 1 amide bonds. The van der Waals surface area contributed by atoms with Gasteiger partial charge in [0.05, 0.1) is 5.04 Å². The van der Waals surface area contributed by atoms with E-state index in [0.29, 0.717) is 18.7 Å². The van der Waals surface area contributed by atoms with Crippen molar-refractivity contribution in [3.8, 4) is 0 Å². The highest BCUT2D eigenvalue weighted by Gasteiger charge is 2.38. The van der Waals surface area contributed by atoms with Crippen LogP contribution in [0.15, 0.2) is 35.3 Å². The number of benzene rings is 1. The molecule has 0 saturated carbocycles. The summed E-state index contributed by atoms with van der Waals surface area (Å²) in [5.41, 5.74) is 1.01. The summed E-state index contributed by atoms with van der Waals surface area (Å²) >= 11 is 1.56. The topological polar surface area (TPSA) is 70.0 Å². The molecule has 0 aliphatic carbocycles. The van der Waals surface area contributed by atoms with Gasteiger partial charge in [-0.1, -0.05) is 30.3 Å². The number of amides is 1. The smallest absolute Gasteiger partial charge is 0.326 e. The lowest BCUT2D eigenvalue weighted by molar-refractivity contribution is -0.148. The normalized spacial score (nSPS) is 25.0. The third-order valence-electron chi connectivity index (χ3n) is 3.78. The zero-order valence-electron chi connectivity index (χ0n) is 11.4. The molecule has 1 saturated heterocycles. The van der Waals surface area contributed by atoms with Crippen LogP contribution >= 0.6 is 11.8 Å². The van der Waals surface area contributed by atoms with Crippen LogP contribution in [0.1, 0.15) is 18.4 Å². The molecule has 1 aromatic carbocycles. The van der Waals surface area contributed by atoms with Crippen molar-refractivity contribution in [3.05, 3.63) is 35.9 Å². The van der Waals surface area contributed by atoms with Crippen LogP contribution in [0.2, 0.25) is 0 Å². The minimum absolute atomic E-state index is 0.154. The van der Waals surface area contributed by atoms with E-state index in [1.54, 1.807) is 11.8 Å². The fraction of sp³-hybridized carbons (Fsp3) is 0.400. The Labute approximate surface area is 127 Å². The van der Waals surface area contributed by atoms with Crippen LogP contribution in [-0.2, 0) is 9.59 Å². The van der Waals surface area contributed by atoms with Gasteiger partial charge in [0.2, 0.25) is 5.91 Å². The lowest BCUT2D eigenvalue weighted by atomic mass is 10.2. The van der Waals surface area contributed by atoms with E-state index in [9.17, 15) is 14.7 Å². The summed E-state index contributed by atoms with van der Waals surface area (Å²) in [5.74, 6) is -0.483. The highest BCUT2D eigenvalue weighted by Crippen LogP contribution is 2.27. The monoisotopic (exact) mass is 304 g/mol. The molecule has 3 rings (SSSR count). The van der Waals surface area contributed by atoms with Crippen LogP contribution < -0.4 is 0 Å². The largest absolute Gasteiger partial charge is 0.480 e. The van der Waals surface area contributed by atoms with Gasteiger partial charge < -0.3 is 10.0 Å². The fourth-order valence-corrected chi connectivity index (χ4v) is 3.76. The number of hydrogen-bond acceptors (Lipinski definition) is 4. The molecule has 2 aliphatic heterocycles. The lowest BCUT2D eigenvalue weighted by Crippen LogP contribution is -2.45. The molecule has 5 nitrogen and oxygen atoms in total. The summed E-state index contributed by atoms with van der Waals surface area (Å²) in [7, 11) is 0. The average molecular weight is 304 g/mol. The number of aliphatic carboxylic acids is 1. The van der Waals surface area contributed by atoms with E-state index in [0.717, 1.165) is 17.0 Å². The maximum absolute atomic E-state index is 12.5. The van der Waals surface area contributed by atoms with Gasteiger partial charge in [-0.05, 0) is 12.8 Å². The van der Waals surface area contributed by atoms with Crippen molar-refractivity contribution < 1.29 is 14.7 Å². The third-order valence-corrected chi connectivity index (χ3v) is 4.87. The molecular formula is C15H16N2O3S. The van der Waals surface area contributed by atoms with Crippen molar-refractivity contribution in [2.75, 3.05) is 12.3 Å². The Morgan fingerprint density at radius 2 is 2.05 bits per heavy atom. The molecule has 2 atom stereocenters. The summed E-state index contributed by atoms with van der Waals surface area (Å²) in [6.45, 7) is 0.521. The van der Waals surface area contributed by atoms with Gasteiger partial charge in [-0.3, -0.25) is 9.79 Å². The van der Waals surface area contributed by atoms with E-state index in [-0.39, 0.29) is 5.91 Å². The Morgan fingerprint density at radius 1 is 1.29 bits per heavy atom. The van der Waals surface area contributed by atoms with E-state index >= 15 is 0 Å². The van der Waals surface area contributed by atoms with Gasteiger partial charge in [0.25, 0.3) is 0 Å². The summed E-state index contributed by atoms with van der Waals surface area (Å²) in [5, 5.41) is 10.0. The number of hydrogen-bond donors (Lipinski definition) is 1. The molecule has 1 fully saturated rings. The highest BCUT2D eigenvalue weighted by atomic mass is 32.2. The molecule has 6 heteroatoms. The summed E-state index contributed by atoms with van der Waals surface area (Å²) in [6.07, 6.45) is 1.29.